The number of benzene rings is 3. The highest BCUT2D eigenvalue weighted by Gasteiger charge is 2.35. The molecule has 0 unspecified atom stereocenters. The van der Waals surface area contributed by atoms with Crippen LogP contribution in [0.1, 0.15) is 36.0 Å². The molecule has 3 aromatic rings. The predicted molar refractivity (Wildman–Crippen MR) is 109 cm³/mol. The van der Waals surface area contributed by atoms with Gasteiger partial charge in [-0.1, -0.05) is 91.0 Å². The van der Waals surface area contributed by atoms with Crippen molar-refractivity contribution in [3.8, 4) is 0 Å². The Morgan fingerprint density at radius 1 is 0.630 bits per heavy atom. The highest BCUT2D eigenvalue weighted by molar-refractivity contribution is 6.32. The summed E-state index contributed by atoms with van der Waals surface area (Å²) in [4.78, 5) is 0. The highest BCUT2D eigenvalue weighted by atomic mass is 16.6. The Morgan fingerprint density at radius 2 is 1.04 bits per heavy atom. The number of rotatable bonds is 9. The van der Waals surface area contributed by atoms with Crippen LogP contribution in [0.2, 0.25) is 0 Å². The van der Waals surface area contributed by atoms with Crippen LogP contribution >= 0.6 is 0 Å². The molecule has 0 atom stereocenters. The minimum Gasteiger partial charge on any atom is -0.402 e. The van der Waals surface area contributed by atoms with Crippen molar-refractivity contribution in [2.45, 2.75) is 24.7 Å². The van der Waals surface area contributed by atoms with E-state index in [0.717, 1.165) is 19.3 Å². The summed E-state index contributed by atoms with van der Waals surface area (Å²) < 4.78 is 4.88. The van der Waals surface area contributed by atoms with E-state index >= 15 is 0 Å². The van der Waals surface area contributed by atoms with Gasteiger partial charge in [0.05, 0.1) is 0 Å². The molecule has 0 bridgehead atoms. The molecule has 3 nitrogen and oxygen atoms in total. The van der Waals surface area contributed by atoms with Crippen molar-refractivity contribution in [1.82, 2.24) is 0 Å². The molecule has 0 spiro atoms. The van der Waals surface area contributed by atoms with Crippen molar-refractivity contribution in [2.24, 2.45) is 0 Å². The molecular formula is C23H25BO3. The fourth-order valence-electron chi connectivity index (χ4n) is 3.78. The zero-order chi connectivity index (χ0) is 19.0. The molecule has 0 radical (unpaired) electrons. The van der Waals surface area contributed by atoms with Crippen molar-refractivity contribution in [1.29, 1.82) is 0 Å². The first-order chi connectivity index (χ1) is 13.2. The van der Waals surface area contributed by atoms with Crippen molar-refractivity contribution >= 4 is 7.32 Å². The van der Waals surface area contributed by atoms with Crippen LogP contribution in [0.25, 0.3) is 0 Å². The summed E-state index contributed by atoms with van der Waals surface area (Å²) in [7, 11) is -1.70. The molecule has 0 aliphatic heterocycles. The zero-order valence-electron chi connectivity index (χ0n) is 15.4. The molecule has 2 N–H and O–H groups in total. The summed E-state index contributed by atoms with van der Waals surface area (Å²) in [6.45, 7) is 0.326. The fourth-order valence-corrected chi connectivity index (χ4v) is 3.78. The molecular weight excluding hydrogens is 335 g/mol. The van der Waals surface area contributed by atoms with Crippen molar-refractivity contribution < 1.29 is 14.7 Å². The van der Waals surface area contributed by atoms with E-state index < -0.39 is 7.32 Å². The molecule has 0 fully saturated rings. The standard InChI is InChI=1S/C23H25BO3/c25-24(26)27-19-11-10-18-23(20-12-4-1-5-13-20,21-14-6-2-7-15-21)22-16-8-3-9-17-22/h1-9,12-17,25-26H,10-11,18-19H2. The van der Waals surface area contributed by atoms with Gasteiger partial charge in [0.1, 0.15) is 0 Å². The average Bonchev–Trinajstić information content (AvgIpc) is 2.73. The van der Waals surface area contributed by atoms with Crippen LogP contribution in [-0.4, -0.2) is 24.0 Å². The van der Waals surface area contributed by atoms with Crippen LogP contribution in [0.3, 0.4) is 0 Å². The van der Waals surface area contributed by atoms with Gasteiger partial charge in [0.15, 0.2) is 0 Å². The van der Waals surface area contributed by atoms with Crippen LogP contribution in [0.15, 0.2) is 91.0 Å². The Morgan fingerprint density at radius 3 is 1.41 bits per heavy atom. The molecule has 4 heteroatoms. The quantitative estimate of drug-likeness (QED) is 0.342. The monoisotopic (exact) mass is 360 g/mol. The second-order valence-electron chi connectivity index (χ2n) is 6.66. The Labute approximate surface area is 161 Å². The van der Waals surface area contributed by atoms with Crippen LogP contribution in [-0.2, 0) is 10.1 Å². The van der Waals surface area contributed by atoms with Gasteiger partial charge in [-0.15, -0.1) is 0 Å². The van der Waals surface area contributed by atoms with Gasteiger partial charge in [-0.2, -0.15) is 0 Å². The maximum Gasteiger partial charge on any atom is 0.633 e. The van der Waals surface area contributed by atoms with Gasteiger partial charge in [-0.05, 0) is 36.0 Å². The van der Waals surface area contributed by atoms with Gasteiger partial charge in [0.25, 0.3) is 0 Å². The van der Waals surface area contributed by atoms with Gasteiger partial charge >= 0.3 is 7.32 Å². The molecule has 0 aliphatic rings. The van der Waals surface area contributed by atoms with E-state index in [4.69, 9.17) is 14.7 Å². The third-order valence-corrected chi connectivity index (χ3v) is 5.01. The van der Waals surface area contributed by atoms with Crippen LogP contribution in [0.5, 0.6) is 0 Å². The molecule has 0 amide bonds. The van der Waals surface area contributed by atoms with E-state index in [9.17, 15) is 0 Å². The molecule has 0 aromatic heterocycles. The number of unbranched alkanes of at least 4 members (excludes halogenated alkanes) is 1. The van der Waals surface area contributed by atoms with E-state index in [1.165, 1.54) is 16.7 Å². The lowest BCUT2D eigenvalue weighted by atomic mass is 9.66. The van der Waals surface area contributed by atoms with Crippen LogP contribution < -0.4 is 0 Å². The Bertz CT molecular complexity index is 695. The molecule has 0 saturated heterocycles. The largest absolute Gasteiger partial charge is 0.633 e. The second-order valence-corrected chi connectivity index (χ2v) is 6.66. The summed E-state index contributed by atoms with van der Waals surface area (Å²) in [6, 6.07) is 31.8. The van der Waals surface area contributed by atoms with E-state index in [1.807, 2.05) is 18.2 Å². The Balaban J connectivity index is 2.01. The van der Waals surface area contributed by atoms with Gasteiger partial charge < -0.3 is 14.7 Å². The van der Waals surface area contributed by atoms with Crippen molar-refractivity contribution in [3.05, 3.63) is 108 Å². The maximum atomic E-state index is 8.88. The lowest BCUT2D eigenvalue weighted by Gasteiger charge is -2.36. The minimum atomic E-state index is -1.70. The first-order valence-corrected chi connectivity index (χ1v) is 9.38. The first kappa shape index (κ1) is 19.4. The van der Waals surface area contributed by atoms with E-state index in [-0.39, 0.29) is 5.41 Å². The molecule has 0 aliphatic carbocycles. The third-order valence-electron chi connectivity index (χ3n) is 5.01. The lowest BCUT2D eigenvalue weighted by Crippen LogP contribution is -2.29. The average molecular weight is 360 g/mol. The molecule has 3 aromatic carbocycles. The Hall–Kier alpha value is -2.40. The van der Waals surface area contributed by atoms with E-state index in [0.29, 0.717) is 6.61 Å². The molecule has 0 heterocycles. The summed E-state index contributed by atoms with van der Waals surface area (Å²) in [6.07, 6.45) is 2.55. The molecule has 0 saturated carbocycles. The van der Waals surface area contributed by atoms with E-state index in [2.05, 4.69) is 72.8 Å². The number of hydrogen-bond acceptors (Lipinski definition) is 3. The lowest BCUT2D eigenvalue weighted by molar-refractivity contribution is 0.181. The van der Waals surface area contributed by atoms with Crippen molar-refractivity contribution in [2.75, 3.05) is 6.61 Å². The smallest absolute Gasteiger partial charge is 0.402 e. The zero-order valence-corrected chi connectivity index (χ0v) is 15.4. The fraction of sp³-hybridized carbons (Fsp3) is 0.217. The van der Waals surface area contributed by atoms with Crippen LogP contribution in [0.4, 0.5) is 0 Å². The van der Waals surface area contributed by atoms with Gasteiger partial charge in [-0.3, -0.25) is 0 Å². The van der Waals surface area contributed by atoms with Gasteiger partial charge in [-0.25, -0.2) is 0 Å². The molecule has 27 heavy (non-hydrogen) atoms. The van der Waals surface area contributed by atoms with Gasteiger partial charge in [0.2, 0.25) is 0 Å². The van der Waals surface area contributed by atoms with E-state index in [1.54, 1.807) is 0 Å². The third kappa shape index (κ3) is 4.66. The summed E-state index contributed by atoms with van der Waals surface area (Å²) in [5.74, 6) is 0. The minimum absolute atomic E-state index is 0.262. The van der Waals surface area contributed by atoms with Crippen molar-refractivity contribution in [3.63, 3.8) is 0 Å². The summed E-state index contributed by atoms with van der Waals surface area (Å²) >= 11 is 0. The molecule has 138 valence electrons. The molecule has 3 rings (SSSR count). The SMILES string of the molecule is OB(O)OCCCCC(c1ccccc1)(c1ccccc1)c1ccccc1. The maximum absolute atomic E-state index is 8.88. The topological polar surface area (TPSA) is 49.7 Å². The first-order valence-electron chi connectivity index (χ1n) is 9.38. The Kier molecular flexibility index (Phi) is 6.83. The summed E-state index contributed by atoms with van der Waals surface area (Å²) in [5.41, 5.74) is 3.50. The highest BCUT2D eigenvalue weighted by Crippen LogP contribution is 2.43. The van der Waals surface area contributed by atoms with Gasteiger partial charge in [0, 0.05) is 12.0 Å². The normalized spacial score (nSPS) is 11.3. The summed E-state index contributed by atoms with van der Waals surface area (Å²) in [5, 5.41) is 17.8. The van der Waals surface area contributed by atoms with Crippen LogP contribution in [0, 0.1) is 0 Å². The predicted octanol–water partition coefficient (Wildman–Crippen LogP) is 4.18. The second kappa shape index (κ2) is 9.51. The number of hydrogen-bond donors (Lipinski definition) is 2.